The van der Waals surface area contributed by atoms with E-state index in [4.69, 9.17) is 4.74 Å². The van der Waals surface area contributed by atoms with Crippen molar-refractivity contribution < 1.29 is 9.53 Å². The highest BCUT2D eigenvalue weighted by Crippen LogP contribution is 2.26. The Morgan fingerprint density at radius 3 is 2.39 bits per heavy atom. The summed E-state index contributed by atoms with van der Waals surface area (Å²) in [6.07, 6.45) is 1.01. The van der Waals surface area contributed by atoms with Crippen LogP contribution in [0.4, 0.5) is 0 Å². The molecule has 0 bridgehead atoms. The molecule has 0 spiro atoms. The van der Waals surface area contributed by atoms with Gasteiger partial charge in [0.05, 0.1) is 24.2 Å². The van der Waals surface area contributed by atoms with E-state index < -0.39 is 0 Å². The van der Waals surface area contributed by atoms with E-state index in [9.17, 15) is 10.1 Å². The maximum Gasteiger partial charge on any atom is 0.305 e. The number of carbonyl (C=O) groups is 1. The van der Waals surface area contributed by atoms with E-state index >= 15 is 0 Å². The number of ether oxygens (including phenoxy) is 1. The molecule has 0 aliphatic rings. The average Bonchev–Trinajstić information content (AvgIpc) is 2.72. The van der Waals surface area contributed by atoms with Crippen LogP contribution in [-0.2, 0) is 16.0 Å². The molecule has 0 saturated heterocycles. The number of nitriles is 1. The van der Waals surface area contributed by atoms with Crippen LogP contribution in [0.25, 0.3) is 22.4 Å². The maximum atomic E-state index is 11.4. The Morgan fingerprint density at radius 2 is 1.71 bits per heavy atom. The van der Waals surface area contributed by atoms with Crippen LogP contribution < -0.4 is 0 Å². The topological polar surface area (TPSA) is 75.9 Å². The third-order valence-corrected chi connectivity index (χ3v) is 4.61. The second-order valence-corrected chi connectivity index (χ2v) is 6.56. The Morgan fingerprint density at radius 1 is 1.00 bits per heavy atom. The van der Waals surface area contributed by atoms with Gasteiger partial charge in [0.25, 0.3) is 0 Å². The van der Waals surface area contributed by atoms with Gasteiger partial charge in [-0.05, 0) is 37.0 Å². The van der Waals surface area contributed by atoms with E-state index in [1.165, 1.54) is 7.11 Å². The second-order valence-electron chi connectivity index (χ2n) is 6.56. The highest BCUT2D eigenvalue weighted by atomic mass is 16.5. The lowest BCUT2D eigenvalue weighted by molar-refractivity contribution is -0.140. The summed E-state index contributed by atoms with van der Waals surface area (Å²) in [6.45, 7) is 3.69. The maximum absolute atomic E-state index is 11.4. The Bertz CT molecular complexity index is 1050. The molecule has 1 aromatic heterocycles. The van der Waals surface area contributed by atoms with Crippen molar-refractivity contribution in [2.24, 2.45) is 0 Å². The summed E-state index contributed by atoms with van der Waals surface area (Å²) in [6, 6.07) is 18.3. The number of hydrogen-bond acceptors (Lipinski definition) is 5. The van der Waals surface area contributed by atoms with Crippen molar-refractivity contribution in [3.05, 3.63) is 71.2 Å². The summed E-state index contributed by atoms with van der Waals surface area (Å²) in [4.78, 5) is 20.2. The molecule has 0 aliphatic heterocycles. The van der Waals surface area contributed by atoms with Gasteiger partial charge in [0.15, 0.2) is 5.69 Å². The standard InChI is InChI=1S/C23H21N3O2/c1-15-21(14-24)26-23(16(2)25-15)19-10-8-18(9-11-19)20-6-4-5-17(13-20)7-12-22(27)28-3/h4-6,8-11,13H,7,12H2,1-3H3. The van der Waals surface area contributed by atoms with Gasteiger partial charge in [0.1, 0.15) is 6.07 Å². The molecule has 2 aromatic carbocycles. The molecule has 0 fully saturated rings. The minimum Gasteiger partial charge on any atom is -0.469 e. The molecule has 3 rings (SSSR count). The molecule has 0 amide bonds. The molecule has 5 heteroatoms. The van der Waals surface area contributed by atoms with Gasteiger partial charge >= 0.3 is 5.97 Å². The largest absolute Gasteiger partial charge is 0.469 e. The molecule has 0 atom stereocenters. The van der Waals surface area contributed by atoms with Gasteiger partial charge in [-0.15, -0.1) is 0 Å². The molecule has 0 radical (unpaired) electrons. The number of rotatable bonds is 5. The zero-order valence-corrected chi connectivity index (χ0v) is 16.2. The lowest BCUT2D eigenvalue weighted by Crippen LogP contribution is -2.01. The highest BCUT2D eigenvalue weighted by molar-refractivity contribution is 5.71. The summed E-state index contributed by atoms with van der Waals surface area (Å²) in [5.41, 5.74) is 6.68. The number of esters is 1. The predicted octanol–water partition coefficient (Wildman–Crippen LogP) is 4.40. The fraction of sp³-hybridized carbons (Fsp3) is 0.217. The van der Waals surface area contributed by atoms with E-state index in [2.05, 4.69) is 22.1 Å². The Balaban J connectivity index is 1.86. The summed E-state index contributed by atoms with van der Waals surface area (Å²) >= 11 is 0. The number of nitrogens with zero attached hydrogens (tertiary/aromatic N) is 3. The quantitative estimate of drug-likeness (QED) is 0.621. The van der Waals surface area contributed by atoms with Crippen molar-refractivity contribution in [2.75, 3.05) is 7.11 Å². The van der Waals surface area contributed by atoms with Crippen molar-refractivity contribution in [2.45, 2.75) is 26.7 Å². The zero-order chi connectivity index (χ0) is 20.1. The minimum absolute atomic E-state index is 0.207. The van der Waals surface area contributed by atoms with Crippen molar-refractivity contribution in [1.82, 2.24) is 9.97 Å². The summed E-state index contributed by atoms with van der Waals surface area (Å²) in [5, 5.41) is 9.21. The molecule has 1 heterocycles. The van der Waals surface area contributed by atoms with Crippen LogP contribution in [-0.4, -0.2) is 23.0 Å². The molecule has 5 nitrogen and oxygen atoms in total. The Kier molecular flexibility index (Phi) is 5.81. The van der Waals surface area contributed by atoms with Crippen LogP contribution in [0.2, 0.25) is 0 Å². The molecular formula is C23H21N3O2. The van der Waals surface area contributed by atoms with Crippen LogP contribution in [0.15, 0.2) is 48.5 Å². The Hall–Kier alpha value is -3.52. The SMILES string of the molecule is COC(=O)CCc1cccc(-c2ccc(-c3nc(C#N)c(C)nc3C)cc2)c1. The summed E-state index contributed by atoms with van der Waals surface area (Å²) in [7, 11) is 1.40. The molecule has 0 N–H and O–H groups in total. The first-order chi connectivity index (χ1) is 13.5. The fourth-order valence-corrected chi connectivity index (χ4v) is 3.09. The van der Waals surface area contributed by atoms with Crippen molar-refractivity contribution in [1.29, 1.82) is 5.26 Å². The van der Waals surface area contributed by atoms with Crippen molar-refractivity contribution >= 4 is 5.97 Å². The van der Waals surface area contributed by atoms with Crippen molar-refractivity contribution in [3.8, 4) is 28.5 Å². The van der Waals surface area contributed by atoms with Gasteiger partial charge in [-0.1, -0.05) is 48.5 Å². The van der Waals surface area contributed by atoms with Crippen molar-refractivity contribution in [3.63, 3.8) is 0 Å². The number of carbonyl (C=O) groups excluding carboxylic acids is 1. The van der Waals surface area contributed by atoms with E-state index in [1.807, 2.05) is 49.4 Å². The second kappa shape index (κ2) is 8.45. The lowest BCUT2D eigenvalue weighted by atomic mass is 9.99. The molecule has 0 unspecified atom stereocenters. The first kappa shape index (κ1) is 19.2. The number of aryl methyl sites for hydroxylation is 3. The van der Waals surface area contributed by atoms with Gasteiger partial charge in [-0.2, -0.15) is 5.26 Å². The third-order valence-electron chi connectivity index (χ3n) is 4.61. The van der Waals surface area contributed by atoms with Crippen LogP contribution >= 0.6 is 0 Å². The minimum atomic E-state index is -0.207. The van der Waals surface area contributed by atoms with Gasteiger partial charge in [0, 0.05) is 12.0 Å². The van der Waals surface area contributed by atoms with Gasteiger partial charge in [-0.3, -0.25) is 9.78 Å². The monoisotopic (exact) mass is 371 g/mol. The van der Waals surface area contributed by atoms with Crippen LogP contribution in [0.1, 0.15) is 29.1 Å². The summed E-state index contributed by atoms with van der Waals surface area (Å²) in [5.74, 6) is -0.207. The lowest BCUT2D eigenvalue weighted by Gasteiger charge is -2.09. The third kappa shape index (κ3) is 4.24. The van der Waals surface area contributed by atoms with E-state index in [1.54, 1.807) is 6.92 Å². The number of methoxy groups -OCH3 is 1. The smallest absolute Gasteiger partial charge is 0.305 e. The summed E-state index contributed by atoms with van der Waals surface area (Å²) < 4.78 is 4.71. The molecule has 0 saturated carbocycles. The number of benzene rings is 2. The predicted molar refractivity (Wildman–Crippen MR) is 107 cm³/mol. The van der Waals surface area contributed by atoms with Crippen LogP contribution in [0.5, 0.6) is 0 Å². The molecule has 3 aromatic rings. The molecule has 0 aliphatic carbocycles. The first-order valence-corrected chi connectivity index (χ1v) is 9.03. The molecule has 28 heavy (non-hydrogen) atoms. The fourth-order valence-electron chi connectivity index (χ4n) is 3.09. The van der Waals surface area contributed by atoms with Gasteiger partial charge in [0.2, 0.25) is 0 Å². The number of aromatic nitrogens is 2. The normalized spacial score (nSPS) is 10.4. The van der Waals surface area contributed by atoms with Gasteiger partial charge in [-0.25, -0.2) is 4.98 Å². The van der Waals surface area contributed by atoms with E-state index in [0.29, 0.717) is 24.2 Å². The van der Waals surface area contributed by atoms with E-state index in [0.717, 1.165) is 33.6 Å². The van der Waals surface area contributed by atoms with Crippen LogP contribution in [0, 0.1) is 25.2 Å². The zero-order valence-electron chi connectivity index (χ0n) is 16.2. The highest BCUT2D eigenvalue weighted by Gasteiger charge is 2.10. The molecular weight excluding hydrogens is 350 g/mol. The number of hydrogen-bond donors (Lipinski definition) is 0. The van der Waals surface area contributed by atoms with E-state index in [-0.39, 0.29) is 5.97 Å². The van der Waals surface area contributed by atoms with Crippen LogP contribution in [0.3, 0.4) is 0 Å². The molecule has 140 valence electrons. The van der Waals surface area contributed by atoms with Gasteiger partial charge < -0.3 is 4.74 Å². The average molecular weight is 371 g/mol. The first-order valence-electron chi connectivity index (χ1n) is 9.03. The Labute approximate surface area is 164 Å².